The van der Waals surface area contributed by atoms with Crippen LogP contribution in [0.5, 0.6) is 0 Å². The van der Waals surface area contributed by atoms with Crippen LogP contribution in [0.2, 0.25) is 0 Å². The van der Waals surface area contributed by atoms with E-state index in [-0.39, 0.29) is 23.6 Å². The molecule has 10 heteroatoms. The number of carbonyl (C=O) groups excluding carboxylic acids is 1. The zero-order valence-corrected chi connectivity index (χ0v) is 23.6. The molecular formula is C30H36F3N5OS. The predicted molar refractivity (Wildman–Crippen MR) is 151 cm³/mol. The summed E-state index contributed by atoms with van der Waals surface area (Å²) in [4.78, 5) is 16.4. The molecule has 2 fully saturated rings. The van der Waals surface area contributed by atoms with E-state index in [1.165, 1.54) is 41.7 Å². The zero-order valence-electron chi connectivity index (χ0n) is 22.8. The molecule has 1 aromatic heterocycles. The number of aromatic nitrogens is 2. The molecule has 3 heterocycles. The lowest BCUT2D eigenvalue weighted by molar-refractivity contribution is -0.138. The second-order valence-electron chi connectivity index (χ2n) is 11.1. The van der Waals surface area contributed by atoms with E-state index in [9.17, 15) is 18.0 Å². The molecule has 0 bridgehead atoms. The highest BCUT2D eigenvalue weighted by molar-refractivity contribution is 7.09. The van der Waals surface area contributed by atoms with Crippen LogP contribution in [-0.4, -0.2) is 47.7 Å². The number of nitrogens with zero attached hydrogens (tertiary/aromatic N) is 4. The van der Waals surface area contributed by atoms with Gasteiger partial charge in [0.05, 0.1) is 12.1 Å². The van der Waals surface area contributed by atoms with Gasteiger partial charge in [-0.25, -0.2) is 0 Å². The number of anilines is 1. The fourth-order valence-corrected chi connectivity index (χ4v) is 6.25. The molecule has 2 aromatic carbocycles. The monoisotopic (exact) mass is 571 g/mol. The maximum atomic E-state index is 13.8. The first-order valence-electron chi connectivity index (χ1n) is 14.0. The van der Waals surface area contributed by atoms with Crippen LogP contribution in [0.15, 0.2) is 48.0 Å². The van der Waals surface area contributed by atoms with E-state index < -0.39 is 11.7 Å². The van der Waals surface area contributed by atoms with Crippen molar-refractivity contribution >= 4 is 22.9 Å². The second kappa shape index (κ2) is 12.8. The highest BCUT2D eigenvalue weighted by atomic mass is 32.1. The Bertz CT molecular complexity index is 1260. The van der Waals surface area contributed by atoms with E-state index in [2.05, 4.69) is 15.5 Å². The number of hydrogen-bond acceptors (Lipinski definition) is 6. The van der Waals surface area contributed by atoms with Crippen LogP contribution < -0.4 is 10.2 Å². The quantitative estimate of drug-likeness (QED) is 0.350. The van der Waals surface area contributed by atoms with Gasteiger partial charge in [-0.3, -0.25) is 4.79 Å². The maximum Gasteiger partial charge on any atom is 0.416 e. The van der Waals surface area contributed by atoms with Crippen LogP contribution >= 0.6 is 11.3 Å². The van der Waals surface area contributed by atoms with Crippen molar-refractivity contribution in [2.75, 3.05) is 31.6 Å². The summed E-state index contributed by atoms with van der Waals surface area (Å²) in [7, 11) is 1.92. The van der Waals surface area contributed by atoms with Crippen LogP contribution in [0.1, 0.15) is 64.2 Å². The second-order valence-corrected chi connectivity index (χ2v) is 12.0. The highest BCUT2D eigenvalue weighted by Gasteiger charge is 2.40. The number of rotatable bonds is 8. The Morgan fingerprint density at radius 3 is 2.55 bits per heavy atom. The summed E-state index contributed by atoms with van der Waals surface area (Å²) in [5.74, 6) is 1.18. The molecule has 6 rings (SSSR count). The first-order chi connectivity index (χ1) is 19.3. The van der Waals surface area contributed by atoms with Gasteiger partial charge in [0.1, 0.15) is 10.5 Å². The lowest BCUT2D eigenvalue weighted by Crippen LogP contribution is -2.23. The van der Waals surface area contributed by atoms with Gasteiger partial charge < -0.3 is 15.1 Å². The molecule has 1 aliphatic carbocycles. The Labute approximate surface area is 237 Å². The lowest BCUT2D eigenvalue weighted by atomic mass is 9.83. The average molecular weight is 572 g/mol. The van der Waals surface area contributed by atoms with E-state index in [0.29, 0.717) is 23.7 Å². The van der Waals surface area contributed by atoms with Gasteiger partial charge in [0.15, 0.2) is 0 Å². The van der Waals surface area contributed by atoms with E-state index in [1.807, 2.05) is 23.5 Å². The fourth-order valence-electron chi connectivity index (χ4n) is 5.61. The number of alkyl halides is 3. The molecule has 1 unspecified atom stereocenters. The van der Waals surface area contributed by atoms with Crippen LogP contribution in [0.4, 0.5) is 18.9 Å². The Hall–Kier alpha value is -2.82. The largest absolute Gasteiger partial charge is 0.416 e. The van der Waals surface area contributed by atoms with Crippen molar-refractivity contribution in [2.45, 2.75) is 57.8 Å². The van der Waals surface area contributed by atoms with Gasteiger partial charge in [0, 0.05) is 24.2 Å². The molecule has 1 atom stereocenters. The third kappa shape index (κ3) is 7.08. The van der Waals surface area contributed by atoms with Crippen molar-refractivity contribution in [2.24, 2.45) is 11.8 Å². The molecule has 3 aromatic rings. The molecule has 1 saturated carbocycles. The van der Waals surface area contributed by atoms with E-state index >= 15 is 0 Å². The molecular weight excluding hydrogens is 535 g/mol. The maximum absolute atomic E-state index is 13.8. The summed E-state index contributed by atoms with van der Waals surface area (Å²) < 4.78 is 41.5. The van der Waals surface area contributed by atoms with Gasteiger partial charge in [-0.15, -0.1) is 21.5 Å². The van der Waals surface area contributed by atoms with Crippen molar-refractivity contribution < 1.29 is 18.0 Å². The smallest absolute Gasteiger partial charge is 0.316 e. The molecule has 2 aliphatic heterocycles. The number of carbonyl (C=O) groups is 1. The van der Waals surface area contributed by atoms with Crippen LogP contribution in [-0.2, 0) is 25.7 Å². The van der Waals surface area contributed by atoms with Crippen LogP contribution in [0.3, 0.4) is 0 Å². The van der Waals surface area contributed by atoms with Crippen molar-refractivity contribution in [1.29, 1.82) is 0 Å². The number of halogens is 3. The molecule has 1 saturated heterocycles. The summed E-state index contributed by atoms with van der Waals surface area (Å²) >= 11 is 1.68. The number of benzene rings is 2. The van der Waals surface area contributed by atoms with E-state index in [0.717, 1.165) is 38.4 Å². The standard InChI is InChI=1S/C23H26F3N3O.C7H10N2S/c1-28(10-8-16-7-9-27-13-16)14-17-11-19-20(21(12-17)23(24,25)26)15-29(22(19)30)18-5-3-2-4-6-18;1-2-6(3-1)4-7-9-8-5-10-7/h2-6,11-12,16,27H,7-10,13-15H2,1H3;5-6H,1-4H2. The van der Waals surface area contributed by atoms with Gasteiger partial charge in [0.25, 0.3) is 5.91 Å². The molecule has 1 N–H and O–H groups in total. The van der Waals surface area contributed by atoms with Gasteiger partial charge in [-0.2, -0.15) is 13.2 Å². The zero-order chi connectivity index (χ0) is 28.1. The number of para-hydroxylation sites is 1. The summed E-state index contributed by atoms with van der Waals surface area (Å²) in [6.07, 6.45) is 3.06. The summed E-state index contributed by atoms with van der Waals surface area (Å²) in [5, 5.41) is 12.4. The van der Waals surface area contributed by atoms with Gasteiger partial charge in [0.2, 0.25) is 0 Å². The van der Waals surface area contributed by atoms with Crippen LogP contribution in [0.25, 0.3) is 0 Å². The molecule has 214 valence electrons. The minimum absolute atomic E-state index is 0.0577. The van der Waals surface area contributed by atoms with Crippen molar-refractivity contribution in [3.05, 3.63) is 75.2 Å². The summed E-state index contributed by atoms with van der Waals surface area (Å²) in [6, 6.07) is 11.7. The normalized spacial score (nSPS) is 19.0. The molecule has 1 amide bonds. The van der Waals surface area contributed by atoms with Crippen LogP contribution in [0, 0.1) is 11.8 Å². The minimum Gasteiger partial charge on any atom is -0.316 e. The SMILES string of the molecule is CN(CCC1CCNC1)Cc1cc2c(c(C(F)(F)F)c1)CN(c1ccccc1)C2=O.c1nnc(CC2CCC2)s1. The van der Waals surface area contributed by atoms with Crippen molar-refractivity contribution in [3.8, 4) is 0 Å². The van der Waals surface area contributed by atoms with Crippen molar-refractivity contribution in [1.82, 2.24) is 20.4 Å². The number of nitrogens with one attached hydrogen (secondary N) is 1. The first kappa shape index (κ1) is 28.7. The predicted octanol–water partition coefficient (Wildman–Crippen LogP) is 6.18. The number of hydrogen-bond donors (Lipinski definition) is 1. The fraction of sp³-hybridized carbons (Fsp3) is 0.500. The van der Waals surface area contributed by atoms with E-state index in [4.69, 9.17) is 0 Å². The summed E-state index contributed by atoms with van der Waals surface area (Å²) in [6.45, 7) is 3.19. The Morgan fingerprint density at radius 2 is 1.93 bits per heavy atom. The minimum atomic E-state index is -4.50. The van der Waals surface area contributed by atoms with Gasteiger partial charge in [-0.1, -0.05) is 37.5 Å². The first-order valence-corrected chi connectivity index (χ1v) is 14.9. The van der Waals surface area contributed by atoms with Gasteiger partial charge >= 0.3 is 6.18 Å². The Balaban J connectivity index is 0.000000269. The Morgan fingerprint density at radius 1 is 1.12 bits per heavy atom. The molecule has 3 aliphatic rings. The molecule has 0 radical (unpaired) electrons. The van der Waals surface area contributed by atoms with Gasteiger partial charge in [-0.05, 0) is 86.8 Å². The Kier molecular flexibility index (Phi) is 9.17. The average Bonchev–Trinajstić information content (AvgIpc) is 3.68. The third-order valence-electron chi connectivity index (χ3n) is 8.10. The lowest BCUT2D eigenvalue weighted by Gasteiger charge is -2.23. The molecule has 6 nitrogen and oxygen atoms in total. The molecule has 40 heavy (non-hydrogen) atoms. The highest BCUT2D eigenvalue weighted by Crippen LogP contribution is 2.39. The number of amides is 1. The van der Waals surface area contributed by atoms with E-state index in [1.54, 1.807) is 41.7 Å². The van der Waals surface area contributed by atoms with Crippen molar-refractivity contribution in [3.63, 3.8) is 0 Å². The summed E-state index contributed by atoms with van der Waals surface area (Å²) in [5.41, 5.74) is 2.48. The topological polar surface area (TPSA) is 61.4 Å². The third-order valence-corrected chi connectivity index (χ3v) is 8.82. The number of fused-ring (bicyclic) bond motifs is 1. The molecule has 0 spiro atoms.